The van der Waals surface area contributed by atoms with E-state index in [0.29, 0.717) is 18.7 Å². The number of nitrogens with zero attached hydrogens (tertiary/aromatic N) is 1. The number of alkyl halides is 1. The predicted molar refractivity (Wildman–Crippen MR) is 48.9 cm³/mol. The van der Waals surface area contributed by atoms with Gasteiger partial charge in [0.15, 0.2) is 0 Å². The number of rotatable bonds is 2. The van der Waals surface area contributed by atoms with Gasteiger partial charge >= 0.3 is 0 Å². The van der Waals surface area contributed by atoms with E-state index in [1.54, 1.807) is 12.1 Å². The topological polar surface area (TPSA) is 20.3 Å². The lowest BCUT2D eigenvalue weighted by Crippen LogP contribution is -2.48. The first-order chi connectivity index (χ1) is 6.29. The lowest BCUT2D eigenvalue weighted by atomic mass is 10.1. The van der Waals surface area contributed by atoms with Crippen LogP contribution in [0.15, 0.2) is 24.3 Å². The molecule has 0 radical (unpaired) electrons. The fourth-order valence-electron chi connectivity index (χ4n) is 1.43. The molecule has 0 unspecified atom stereocenters. The Balaban J connectivity index is 2.16. The van der Waals surface area contributed by atoms with E-state index in [1.807, 2.05) is 17.0 Å². The van der Waals surface area contributed by atoms with Crippen molar-refractivity contribution in [1.82, 2.24) is 0 Å². The molecule has 1 aliphatic rings. The quantitative estimate of drug-likeness (QED) is 0.643. The van der Waals surface area contributed by atoms with Gasteiger partial charge in [0.25, 0.3) is 0 Å². The Morgan fingerprint density at radius 3 is 2.85 bits per heavy atom. The van der Waals surface area contributed by atoms with Crippen molar-refractivity contribution < 1.29 is 9.18 Å². The fourth-order valence-corrected chi connectivity index (χ4v) is 1.43. The summed E-state index contributed by atoms with van der Waals surface area (Å²) >= 11 is 0. The minimum Gasteiger partial charge on any atom is -0.366 e. The Morgan fingerprint density at radius 2 is 2.23 bits per heavy atom. The molecule has 0 aliphatic carbocycles. The van der Waals surface area contributed by atoms with Gasteiger partial charge in [-0.2, -0.15) is 0 Å². The maximum absolute atomic E-state index is 12.5. The monoisotopic (exact) mass is 179 g/mol. The van der Waals surface area contributed by atoms with Crippen molar-refractivity contribution in [2.75, 3.05) is 18.0 Å². The van der Waals surface area contributed by atoms with Crippen LogP contribution < -0.4 is 4.90 Å². The molecule has 1 fully saturated rings. The average Bonchev–Trinajstić information content (AvgIpc) is 2.13. The van der Waals surface area contributed by atoms with Crippen LogP contribution in [0.1, 0.15) is 10.4 Å². The molecule has 1 saturated heterocycles. The van der Waals surface area contributed by atoms with Crippen molar-refractivity contribution in [1.29, 1.82) is 0 Å². The van der Waals surface area contributed by atoms with Crippen LogP contribution in [0.4, 0.5) is 10.1 Å². The molecule has 1 heterocycles. The van der Waals surface area contributed by atoms with Gasteiger partial charge in [-0.15, -0.1) is 0 Å². The number of hydrogen-bond acceptors (Lipinski definition) is 2. The van der Waals surface area contributed by atoms with Crippen molar-refractivity contribution in [3.63, 3.8) is 0 Å². The number of carbonyl (C=O) groups is 1. The summed E-state index contributed by atoms with van der Waals surface area (Å²) in [6, 6.07) is 7.21. The smallest absolute Gasteiger partial charge is 0.150 e. The molecule has 3 heteroatoms. The Labute approximate surface area is 76.0 Å². The highest BCUT2D eigenvalue weighted by molar-refractivity contribution is 5.77. The van der Waals surface area contributed by atoms with Crippen LogP contribution in [-0.2, 0) is 0 Å². The summed E-state index contributed by atoms with van der Waals surface area (Å²) in [6.07, 6.45) is 0.0934. The molecular formula is C10H10FNO. The number of aldehydes is 1. The van der Waals surface area contributed by atoms with E-state index in [0.717, 1.165) is 12.0 Å². The first-order valence-electron chi connectivity index (χ1n) is 4.24. The van der Waals surface area contributed by atoms with Crippen molar-refractivity contribution in [3.8, 4) is 0 Å². The lowest BCUT2D eigenvalue weighted by Gasteiger charge is -2.36. The average molecular weight is 179 g/mol. The maximum atomic E-state index is 12.5. The first kappa shape index (κ1) is 8.23. The molecule has 0 aromatic heterocycles. The lowest BCUT2D eigenvalue weighted by molar-refractivity contribution is 0.112. The van der Waals surface area contributed by atoms with Gasteiger partial charge in [0.2, 0.25) is 0 Å². The van der Waals surface area contributed by atoms with Crippen LogP contribution in [0.25, 0.3) is 0 Å². The van der Waals surface area contributed by atoms with Gasteiger partial charge in [-0.05, 0) is 12.1 Å². The second-order valence-electron chi connectivity index (χ2n) is 3.22. The van der Waals surface area contributed by atoms with Gasteiger partial charge < -0.3 is 4.90 Å². The zero-order chi connectivity index (χ0) is 9.26. The second-order valence-corrected chi connectivity index (χ2v) is 3.22. The summed E-state index contributed by atoms with van der Waals surface area (Å²) in [6.45, 7) is 0.893. The zero-order valence-electron chi connectivity index (χ0n) is 7.11. The first-order valence-corrected chi connectivity index (χ1v) is 4.24. The largest absolute Gasteiger partial charge is 0.366 e. The van der Waals surface area contributed by atoms with Gasteiger partial charge in [-0.1, -0.05) is 12.1 Å². The molecule has 1 aromatic carbocycles. The number of hydrogen-bond donors (Lipinski definition) is 0. The number of anilines is 1. The predicted octanol–water partition coefficient (Wildman–Crippen LogP) is 1.66. The van der Waals surface area contributed by atoms with Crippen LogP contribution in [0.2, 0.25) is 0 Å². The Kier molecular flexibility index (Phi) is 2.00. The van der Waals surface area contributed by atoms with Crippen molar-refractivity contribution >= 4 is 12.0 Å². The third kappa shape index (κ3) is 1.54. The molecule has 1 aliphatic heterocycles. The Bertz CT molecular complexity index is 320. The molecule has 0 bridgehead atoms. The van der Waals surface area contributed by atoms with E-state index in [2.05, 4.69) is 0 Å². The Morgan fingerprint density at radius 1 is 1.46 bits per heavy atom. The molecule has 0 N–H and O–H groups in total. The SMILES string of the molecule is O=Cc1cccc(N2CC(F)C2)c1. The van der Waals surface area contributed by atoms with Crippen molar-refractivity contribution in [3.05, 3.63) is 29.8 Å². The van der Waals surface area contributed by atoms with Crippen LogP contribution in [-0.4, -0.2) is 25.5 Å². The second kappa shape index (κ2) is 3.17. The molecule has 13 heavy (non-hydrogen) atoms. The maximum Gasteiger partial charge on any atom is 0.150 e. The van der Waals surface area contributed by atoms with Crippen molar-refractivity contribution in [2.45, 2.75) is 6.17 Å². The molecule has 68 valence electrons. The van der Waals surface area contributed by atoms with Gasteiger partial charge in [0.1, 0.15) is 12.5 Å². The molecule has 0 spiro atoms. The molecular weight excluding hydrogens is 169 g/mol. The molecule has 1 aromatic rings. The van der Waals surface area contributed by atoms with E-state index in [4.69, 9.17) is 0 Å². The van der Waals surface area contributed by atoms with Crippen LogP contribution in [0, 0.1) is 0 Å². The summed E-state index contributed by atoms with van der Waals surface area (Å²) in [4.78, 5) is 12.4. The summed E-state index contributed by atoms with van der Waals surface area (Å²) in [5.74, 6) is 0. The van der Waals surface area contributed by atoms with Crippen LogP contribution >= 0.6 is 0 Å². The molecule has 0 atom stereocenters. The number of carbonyl (C=O) groups excluding carboxylic acids is 1. The fraction of sp³-hybridized carbons (Fsp3) is 0.300. The van der Waals surface area contributed by atoms with E-state index >= 15 is 0 Å². The van der Waals surface area contributed by atoms with Gasteiger partial charge in [-0.3, -0.25) is 4.79 Å². The Hall–Kier alpha value is -1.38. The minimum absolute atomic E-state index is 0.447. The number of halogens is 1. The molecule has 2 rings (SSSR count). The number of benzene rings is 1. The summed E-state index contributed by atoms with van der Waals surface area (Å²) < 4.78 is 12.5. The van der Waals surface area contributed by atoms with E-state index in [-0.39, 0.29) is 0 Å². The minimum atomic E-state index is -0.708. The van der Waals surface area contributed by atoms with Crippen LogP contribution in [0.3, 0.4) is 0 Å². The molecule has 0 amide bonds. The van der Waals surface area contributed by atoms with Gasteiger partial charge in [0.05, 0.1) is 13.1 Å². The normalized spacial score (nSPS) is 16.8. The highest BCUT2D eigenvalue weighted by Gasteiger charge is 2.26. The third-order valence-corrected chi connectivity index (χ3v) is 2.21. The zero-order valence-corrected chi connectivity index (χ0v) is 7.11. The summed E-state index contributed by atoms with van der Waals surface area (Å²) in [7, 11) is 0. The van der Waals surface area contributed by atoms with Gasteiger partial charge in [-0.25, -0.2) is 4.39 Å². The van der Waals surface area contributed by atoms with Crippen LogP contribution in [0.5, 0.6) is 0 Å². The summed E-state index contributed by atoms with van der Waals surface area (Å²) in [5, 5.41) is 0. The molecule has 0 saturated carbocycles. The van der Waals surface area contributed by atoms with E-state index in [1.165, 1.54) is 0 Å². The summed E-state index contributed by atoms with van der Waals surface area (Å²) in [5.41, 5.74) is 1.57. The van der Waals surface area contributed by atoms with E-state index in [9.17, 15) is 9.18 Å². The highest BCUT2D eigenvalue weighted by Crippen LogP contribution is 2.22. The third-order valence-electron chi connectivity index (χ3n) is 2.21. The van der Waals surface area contributed by atoms with Gasteiger partial charge in [0, 0.05) is 11.3 Å². The van der Waals surface area contributed by atoms with Crippen molar-refractivity contribution in [2.24, 2.45) is 0 Å². The standard InChI is InChI=1S/C10H10FNO/c11-9-5-12(6-9)10-3-1-2-8(4-10)7-13/h1-4,7,9H,5-6H2. The van der Waals surface area contributed by atoms with E-state index < -0.39 is 6.17 Å². The molecule has 2 nitrogen and oxygen atoms in total. The highest BCUT2D eigenvalue weighted by atomic mass is 19.1.